The van der Waals surface area contributed by atoms with Crippen LogP contribution in [0, 0.1) is 6.92 Å². The van der Waals surface area contributed by atoms with Crippen molar-refractivity contribution < 1.29 is 0 Å². The summed E-state index contributed by atoms with van der Waals surface area (Å²) in [6.07, 6.45) is 1.66. The maximum Gasteiger partial charge on any atom is 0.128 e. The third-order valence-electron chi connectivity index (χ3n) is 2.88. The lowest BCUT2D eigenvalue weighted by Gasteiger charge is -2.18. The molecule has 1 aromatic carbocycles. The van der Waals surface area contributed by atoms with Gasteiger partial charge in [-0.3, -0.25) is 5.84 Å². The Morgan fingerprint density at radius 3 is 2.72 bits per heavy atom. The van der Waals surface area contributed by atoms with Crippen LogP contribution in [-0.2, 0) is 0 Å². The van der Waals surface area contributed by atoms with Crippen molar-refractivity contribution in [3.05, 3.63) is 57.7 Å². The molecule has 2 aromatic rings. The van der Waals surface area contributed by atoms with Crippen LogP contribution in [0.5, 0.6) is 0 Å². The Balaban J connectivity index is 2.45. The molecule has 0 aliphatic carbocycles. The van der Waals surface area contributed by atoms with Gasteiger partial charge in [-0.15, -0.1) is 0 Å². The Morgan fingerprint density at radius 2 is 2.11 bits per heavy atom. The second kappa shape index (κ2) is 5.48. The van der Waals surface area contributed by atoms with Crippen molar-refractivity contribution in [1.29, 1.82) is 0 Å². The van der Waals surface area contributed by atoms with Crippen LogP contribution < -0.4 is 17.0 Å². The first kappa shape index (κ1) is 13.0. The SMILES string of the molecule is Cc1ccc(C(NN)c2cccnc2N)cc1Br. The minimum atomic E-state index is -0.171. The molecule has 0 bridgehead atoms. The highest BCUT2D eigenvalue weighted by atomic mass is 79.9. The fourth-order valence-electron chi connectivity index (χ4n) is 1.83. The summed E-state index contributed by atoms with van der Waals surface area (Å²) in [7, 11) is 0. The summed E-state index contributed by atoms with van der Waals surface area (Å²) in [5.74, 6) is 6.13. The molecule has 0 aliphatic rings. The van der Waals surface area contributed by atoms with Crippen LogP contribution in [0.4, 0.5) is 5.82 Å². The molecule has 0 amide bonds. The van der Waals surface area contributed by atoms with Crippen molar-refractivity contribution in [3.63, 3.8) is 0 Å². The Hall–Kier alpha value is -1.43. The van der Waals surface area contributed by atoms with Gasteiger partial charge in [-0.25, -0.2) is 10.4 Å². The highest BCUT2D eigenvalue weighted by Crippen LogP contribution is 2.28. The number of nitrogen functional groups attached to an aromatic ring is 1. The summed E-state index contributed by atoms with van der Waals surface area (Å²) in [5, 5.41) is 0. The zero-order valence-electron chi connectivity index (χ0n) is 10.0. The van der Waals surface area contributed by atoms with Gasteiger partial charge in [0.05, 0.1) is 6.04 Å². The molecule has 18 heavy (non-hydrogen) atoms. The highest BCUT2D eigenvalue weighted by molar-refractivity contribution is 9.10. The Labute approximate surface area is 115 Å². The number of aryl methyl sites for hydroxylation is 1. The van der Waals surface area contributed by atoms with Crippen LogP contribution in [0.1, 0.15) is 22.7 Å². The first-order chi connectivity index (χ1) is 8.63. The highest BCUT2D eigenvalue weighted by Gasteiger charge is 2.16. The molecule has 0 spiro atoms. The molecule has 1 aromatic heterocycles. The van der Waals surface area contributed by atoms with Gasteiger partial charge < -0.3 is 5.73 Å². The average Bonchev–Trinajstić information content (AvgIpc) is 2.37. The molecule has 0 fully saturated rings. The number of rotatable bonds is 3. The van der Waals surface area contributed by atoms with Gasteiger partial charge in [0.2, 0.25) is 0 Å². The molecule has 1 atom stereocenters. The molecule has 2 rings (SSSR count). The number of nitrogens with two attached hydrogens (primary N) is 2. The molecule has 5 heteroatoms. The molecular weight excluding hydrogens is 292 g/mol. The van der Waals surface area contributed by atoms with Gasteiger partial charge in [-0.1, -0.05) is 34.1 Å². The third kappa shape index (κ3) is 2.53. The molecule has 0 radical (unpaired) electrons. The number of hydrogen-bond donors (Lipinski definition) is 3. The van der Waals surface area contributed by atoms with E-state index in [0.717, 1.165) is 15.6 Å². The average molecular weight is 307 g/mol. The number of hydrogen-bond acceptors (Lipinski definition) is 4. The minimum Gasteiger partial charge on any atom is -0.383 e. The predicted molar refractivity (Wildman–Crippen MR) is 76.7 cm³/mol. The summed E-state index contributed by atoms with van der Waals surface area (Å²) in [6.45, 7) is 2.04. The van der Waals surface area contributed by atoms with E-state index in [4.69, 9.17) is 11.6 Å². The lowest BCUT2D eigenvalue weighted by atomic mass is 9.99. The standard InChI is InChI=1S/C13H15BrN4/c1-8-4-5-9(7-11(8)14)12(18-16)10-3-2-6-17-13(10)15/h2-7,12,18H,16H2,1H3,(H2,15,17). The van der Waals surface area contributed by atoms with Gasteiger partial charge in [0.25, 0.3) is 0 Å². The summed E-state index contributed by atoms with van der Waals surface area (Å²) >= 11 is 3.52. The number of benzene rings is 1. The maximum absolute atomic E-state index is 5.88. The molecule has 94 valence electrons. The first-order valence-corrected chi connectivity index (χ1v) is 6.35. The maximum atomic E-state index is 5.88. The number of pyridine rings is 1. The van der Waals surface area contributed by atoms with Crippen molar-refractivity contribution in [2.24, 2.45) is 5.84 Å². The van der Waals surface area contributed by atoms with E-state index in [0.29, 0.717) is 5.82 Å². The van der Waals surface area contributed by atoms with Crippen molar-refractivity contribution in [1.82, 2.24) is 10.4 Å². The Bertz CT molecular complexity index is 556. The second-order valence-corrected chi connectivity index (χ2v) is 4.94. The van der Waals surface area contributed by atoms with Crippen molar-refractivity contribution >= 4 is 21.7 Å². The molecule has 0 aliphatic heterocycles. The Kier molecular flexibility index (Phi) is 3.96. The van der Waals surface area contributed by atoms with E-state index in [2.05, 4.69) is 26.3 Å². The molecule has 4 nitrogen and oxygen atoms in total. The van der Waals surface area contributed by atoms with E-state index in [1.807, 2.05) is 37.3 Å². The van der Waals surface area contributed by atoms with Crippen molar-refractivity contribution in [2.75, 3.05) is 5.73 Å². The van der Waals surface area contributed by atoms with Crippen LogP contribution in [0.3, 0.4) is 0 Å². The number of halogens is 1. The number of hydrazine groups is 1. The molecule has 0 saturated heterocycles. The molecule has 1 heterocycles. The monoisotopic (exact) mass is 306 g/mol. The number of aromatic nitrogens is 1. The van der Waals surface area contributed by atoms with E-state index in [1.165, 1.54) is 5.56 Å². The van der Waals surface area contributed by atoms with Gasteiger partial charge in [0, 0.05) is 16.2 Å². The largest absolute Gasteiger partial charge is 0.383 e. The van der Waals surface area contributed by atoms with Crippen LogP contribution in [0.2, 0.25) is 0 Å². The summed E-state index contributed by atoms with van der Waals surface area (Å²) in [4.78, 5) is 4.08. The van der Waals surface area contributed by atoms with Crippen molar-refractivity contribution in [3.8, 4) is 0 Å². The minimum absolute atomic E-state index is 0.171. The van der Waals surface area contributed by atoms with Gasteiger partial charge >= 0.3 is 0 Å². The van der Waals surface area contributed by atoms with Crippen LogP contribution in [0.15, 0.2) is 41.0 Å². The van der Waals surface area contributed by atoms with Crippen LogP contribution in [0.25, 0.3) is 0 Å². The summed E-state index contributed by atoms with van der Waals surface area (Å²) in [5.41, 5.74) is 11.7. The van der Waals surface area contributed by atoms with Gasteiger partial charge in [0.15, 0.2) is 0 Å². The lowest BCUT2D eigenvalue weighted by Crippen LogP contribution is -2.29. The fourth-order valence-corrected chi connectivity index (χ4v) is 2.22. The molecular formula is C13H15BrN4. The van der Waals surface area contributed by atoms with E-state index in [1.54, 1.807) is 6.20 Å². The zero-order chi connectivity index (χ0) is 13.1. The molecule has 0 saturated carbocycles. The summed E-state index contributed by atoms with van der Waals surface area (Å²) < 4.78 is 1.04. The van der Waals surface area contributed by atoms with E-state index >= 15 is 0 Å². The van der Waals surface area contributed by atoms with Gasteiger partial charge in [0.1, 0.15) is 5.82 Å². The smallest absolute Gasteiger partial charge is 0.128 e. The summed E-state index contributed by atoms with van der Waals surface area (Å²) in [6, 6.07) is 9.69. The predicted octanol–water partition coefficient (Wildman–Crippen LogP) is 2.29. The van der Waals surface area contributed by atoms with Gasteiger partial charge in [-0.2, -0.15) is 0 Å². The molecule has 5 N–H and O–H groups in total. The zero-order valence-corrected chi connectivity index (χ0v) is 11.6. The fraction of sp³-hybridized carbons (Fsp3) is 0.154. The topological polar surface area (TPSA) is 77.0 Å². The lowest BCUT2D eigenvalue weighted by molar-refractivity contribution is 0.636. The Morgan fingerprint density at radius 1 is 1.33 bits per heavy atom. The van der Waals surface area contributed by atoms with E-state index in [9.17, 15) is 0 Å². The van der Waals surface area contributed by atoms with E-state index < -0.39 is 0 Å². The second-order valence-electron chi connectivity index (χ2n) is 4.09. The first-order valence-electron chi connectivity index (χ1n) is 5.56. The third-order valence-corrected chi connectivity index (χ3v) is 3.73. The number of nitrogens with zero attached hydrogens (tertiary/aromatic N) is 1. The normalized spacial score (nSPS) is 12.4. The van der Waals surface area contributed by atoms with Crippen molar-refractivity contribution in [2.45, 2.75) is 13.0 Å². The van der Waals surface area contributed by atoms with Crippen LogP contribution in [-0.4, -0.2) is 4.98 Å². The van der Waals surface area contributed by atoms with Crippen LogP contribution >= 0.6 is 15.9 Å². The quantitative estimate of drug-likeness (QED) is 0.600. The van der Waals surface area contributed by atoms with Gasteiger partial charge in [-0.05, 0) is 30.2 Å². The number of anilines is 1. The van der Waals surface area contributed by atoms with E-state index in [-0.39, 0.29) is 6.04 Å². The molecule has 1 unspecified atom stereocenters. The number of nitrogens with one attached hydrogen (secondary N) is 1.